The minimum atomic E-state index is -1.02. The Labute approximate surface area is 157 Å². The van der Waals surface area contributed by atoms with E-state index in [1.807, 2.05) is 6.08 Å². The van der Waals surface area contributed by atoms with Crippen LogP contribution in [0.15, 0.2) is 24.3 Å². The predicted octanol–water partition coefficient (Wildman–Crippen LogP) is 1.80. The number of aliphatic hydroxyl groups is 3. The molecule has 0 heterocycles. The third-order valence-electron chi connectivity index (χ3n) is 2.88. The molecule has 134 valence electrons. The first-order valence-corrected chi connectivity index (χ1v) is 8.42. The van der Waals surface area contributed by atoms with Gasteiger partial charge in [-0.1, -0.05) is 35.7 Å². The standard InChI is InChI=1S/C23H24O3/c1-2-3-18-22(25)19-16-14-12-10-8-6-4-5-7-9-11-13-15-17-20-23(26)21-24/h1,3,10,12,18,22-26H,7,9,11,14,16,19,21H2/b12-10-,18-3+/t22-,23-/m1/s1. The van der Waals surface area contributed by atoms with Crippen LogP contribution in [0.1, 0.15) is 38.5 Å². The number of terminal acetylenes is 1. The molecule has 3 heteroatoms. The summed E-state index contributed by atoms with van der Waals surface area (Å²) in [7, 11) is 0. The Kier molecular flexibility index (Phi) is 16.5. The van der Waals surface area contributed by atoms with Crippen molar-refractivity contribution in [3.8, 4) is 59.7 Å². The number of hydrogen-bond acceptors (Lipinski definition) is 3. The second-order valence-electron chi connectivity index (χ2n) is 5.12. The molecule has 0 spiro atoms. The highest BCUT2D eigenvalue weighted by Gasteiger charge is 1.96. The van der Waals surface area contributed by atoms with Crippen LogP contribution in [0.3, 0.4) is 0 Å². The van der Waals surface area contributed by atoms with E-state index >= 15 is 0 Å². The number of hydrogen-bond donors (Lipinski definition) is 3. The summed E-state index contributed by atoms with van der Waals surface area (Å²) in [5.74, 6) is 24.0. The van der Waals surface area contributed by atoms with Crippen LogP contribution in [0.25, 0.3) is 0 Å². The van der Waals surface area contributed by atoms with Crippen LogP contribution in [-0.2, 0) is 0 Å². The van der Waals surface area contributed by atoms with Crippen molar-refractivity contribution in [3.05, 3.63) is 24.3 Å². The molecule has 2 atom stereocenters. The molecule has 0 amide bonds. The van der Waals surface area contributed by atoms with Gasteiger partial charge in [-0.25, -0.2) is 0 Å². The minimum Gasteiger partial charge on any atom is -0.393 e. The van der Waals surface area contributed by atoms with Gasteiger partial charge in [-0.15, -0.1) is 6.42 Å². The normalized spacial score (nSPS) is 11.6. The van der Waals surface area contributed by atoms with Gasteiger partial charge in [-0.3, -0.25) is 0 Å². The van der Waals surface area contributed by atoms with Crippen LogP contribution < -0.4 is 0 Å². The molecule has 0 saturated carbocycles. The summed E-state index contributed by atoms with van der Waals surface area (Å²) in [4.78, 5) is 0. The average molecular weight is 348 g/mol. The molecule has 0 radical (unpaired) electrons. The molecular formula is C23H24O3. The Hall–Kier alpha value is -2.84. The lowest BCUT2D eigenvalue weighted by atomic mass is 10.1. The van der Waals surface area contributed by atoms with Crippen LogP contribution in [0.2, 0.25) is 0 Å². The lowest BCUT2D eigenvalue weighted by Crippen LogP contribution is -2.07. The maximum absolute atomic E-state index is 9.53. The van der Waals surface area contributed by atoms with Gasteiger partial charge in [0.05, 0.1) is 12.7 Å². The van der Waals surface area contributed by atoms with Gasteiger partial charge < -0.3 is 15.3 Å². The molecule has 0 fully saturated rings. The predicted molar refractivity (Wildman–Crippen MR) is 105 cm³/mol. The molecule has 0 aromatic carbocycles. The highest BCUT2D eigenvalue weighted by atomic mass is 16.3. The summed E-state index contributed by atoms with van der Waals surface area (Å²) in [6.07, 6.45) is 15.0. The first-order chi connectivity index (χ1) is 12.7. The van der Waals surface area contributed by atoms with Gasteiger partial charge in [0.2, 0.25) is 0 Å². The first-order valence-electron chi connectivity index (χ1n) is 8.42. The second kappa shape index (κ2) is 18.5. The average Bonchev–Trinajstić information content (AvgIpc) is 2.65. The quantitative estimate of drug-likeness (QED) is 0.463. The summed E-state index contributed by atoms with van der Waals surface area (Å²) < 4.78 is 0. The van der Waals surface area contributed by atoms with E-state index in [1.54, 1.807) is 12.2 Å². The molecule has 0 saturated heterocycles. The number of aliphatic hydroxyl groups excluding tert-OH is 3. The lowest BCUT2D eigenvalue weighted by molar-refractivity contribution is 0.138. The van der Waals surface area contributed by atoms with Crippen molar-refractivity contribution < 1.29 is 15.3 Å². The summed E-state index contributed by atoms with van der Waals surface area (Å²) in [5, 5.41) is 27.0. The largest absolute Gasteiger partial charge is 0.393 e. The lowest BCUT2D eigenvalue weighted by Gasteiger charge is -2.01. The minimum absolute atomic E-state index is 0.381. The van der Waals surface area contributed by atoms with E-state index in [0.717, 1.165) is 19.3 Å². The molecule has 0 aliphatic carbocycles. The summed E-state index contributed by atoms with van der Waals surface area (Å²) >= 11 is 0. The Morgan fingerprint density at radius 1 is 0.923 bits per heavy atom. The van der Waals surface area contributed by atoms with Crippen molar-refractivity contribution in [2.24, 2.45) is 0 Å². The number of unbranched alkanes of at least 4 members (excludes halogenated alkanes) is 3. The molecular weight excluding hydrogens is 324 g/mol. The van der Waals surface area contributed by atoms with Gasteiger partial charge in [0, 0.05) is 12.8 Å². The van der Waals surface area contributed by atoms with Gasteiger partial charge in [-0.05, 0) is 67.6 Å². The molecule has 0 aliphatic heterocycles. The van der Waals surface area contributed by atoms with E-state index in [-0.39, 0.29) is 6.61 Å². The van der Waals surface area contributed by atoms with Gasteiger partial charge in [-0.2, -0.15) is 0 Å². The van der Waals surface area contributed by atoms with Crippen molar-refractivity contribution in [1.29, 1.82) is 0 Å². The molecule has 0 rings (SSSR count). The van der Waals surface area contributed by atoms with Crippen LogP contribution in [0.4, 0.5) is 0 Å². The Balaban J connectivity index is 3.77. The van der Waals surface area contributed by atoms with Crippen molar-refractivity contribution in [1.82, 2.24) is 0 Å². The highest BCUT2D eigenvalue weighted by molar-refractivity contribution is 5.31. The topological polar surface area (TPSA) is 60.7 Å². The molecule has 26 heavy (non-hydrogen) atoms. The van der Waals surface area contributed by atoms with E-state index in [1.165, 1.54) is 6.08 Å². The van der Waals surface area contributed by atoms with Crippen LogP contribution in [-0.4, -0.2) is 34.1 Å². The van der Waals surface area contributed by atoms with Gasteiger partial charge in [0.15, 0.2) is 0 Å². The van der Waals surface area contributed by atoms with Crippen LogP contribution in [0.5, 0.6) is 0 Å². The summed E-state index contributed by atoms with van der Waals surface area (Å²) in [6, 6.07) is 0. The molecule has 0 aromatic heterocycles. The van der Waals surface area contributed by atoms with Crippen molar-refractivity contribution in [2.45, 2.75) is 50.7 Å². The number of rotatable bonds is 8. The summed E-state index contributed by atoms with van der Waals surface area (Å²) in [5.41, 5.74) is 0. The van der Waals surface area contributed by atoms with Crippen molar-refractivity contribution in [3.63, 3.8) is 0 Å². The summed E-state index contributed by atoms with van der Waals surface area (Å²) in [6.45, 7) is -0.381. The smallest absolute Gasteiger partial charge is 0.138 e. The van der Waals surface area contributed by atoms with E-state index in [4.69, 9.17) is 16.6 Å². The second-order valence-corrected chi connectivity index (χ2v) is 5.12. The van der Waals surface area contributed by atoms with Crippen molar-refractivity contribution in [2.75, 3.05) is 6.61 Å². The maximum atomic E-state index is 9.53. The molecule has 3 N–H and O–H groups in total. The monoisotopic (exact) mass is 348 g/mol. The highest BCUT2D eigenvalue weighted by Crippen LogP contribution is 2.02. The molecule has 3 nitrogen and oxygen atoms in total. The zero-order valence-electron chi connectivity index (χ0n) is 14.8. The third kappa shape index (κ3) is 17.5. The van der Waals surface area contributed by atoms with Crippen molar-refractivity contribution >= 4 is 0 Å². The molecule has 0 bridgehead atoms. The third-order valence-corrected chi connectivity index (χ3v) is 2.88. The Morgan fingerprint density at radius 2 is 1.65 bits per heavy atom. The fourth-order valence-corrected chi connectivity index (χ4v) is 1.57. The number of allylic oxidation sites excluding steroid dienone is 3. The zero-order valence-corrected chi connectivity index (χ0v) is 14.8. The van der Waals surface area contributed by atoms with Crippen LogP contribution in [0, 0.1) is 59.7 Å². The maximum Gasteiger partial charge on any atom is 0.138 e. The van der Waals surface area contributed by atoms with Crippen LogP contribution >= 0.6 is 0 Å². The van der Waals surface area contributed by atoms with E-state index in [2.05, 4.69) is 53.3 Å². The van der Waals surface area contributed by atoms with E-state index in [0.29, 0.717) is 19.3 Å². The van der Waals surface area contributed by atoms with Gasteiger partial charge in [0.25, 0.3) is 0 Å². The molecule has 0 aliphatic rings. The Bertz CT molecular complexity index is 722. The Morgan fingerprint density at radius 3 is 2.35 bits per heavy atom. The van der Waals surface area contributed by atoms with Gasteiger partial charge in [0.1, 0.15) is 6.10 Å². The first kappa shape index (κ1) is 23.2. The molecule has 0 aromatic rings. The SMILES string of the molecule is C#C/C=C/[C@@H](O)CCC/C=C\C#CC#CCCCC#CC#C[C@@H](O)CO. The van der Waals surface area contributed by atoms with E-state index < -0.39 is 12.2 Å². The zero-order chi connectivity index (χ0) is 19.3. The fourth-order valence-electron chi connectivity index (χ4n) is 1.57. The fraction of sp³-hybridized carbons (Fsp3) is 0.391. The van der Waals surface area contributed by atoms with Gasteiger partial charge >= 0.3 is 0 Å². The molecule has 0 unspecified atom stereocenters. The van der Waals surface area contributed by atoms with E-state index in [9.17, 15) is 5.11 Å².